The molecule has 2 amide bonds. The maximum absolute atomic E-state index is 13.0. The van der Waals surface area contributed by atoms with Crippen molar-refractivity contribution in [3.63, 3.8) is 0 Å². The number of benzene rings is 2. The van der Waals surface area contributed by atoms with Crippen LogP contribution in [0, 0.1) is 11.8 Å². The summed E-state index contributed by atoms with van der Waals surface area (Å²) in [6, 6.07) is 12.5. The fourth-order valence-corrected chi connectivity index (χ4v) is 5.60. The number of rotatable bonds is 5. The highest BCUT2D eigenvalue weighted by atomic mass is 32.1. The van der Waals surface area contributed by atoms with E-state index in [1.165, 1.54) is 23.5 Å². The second kappa shape index (κ2) is 10.0. The van der Waals surface area contributed by atoms with Gasteiger partial charge in [0.15, 0.2) is 0 Å². The molecule has 0 N–H and O–H groups in total. The van der Waals surface area contributed by atoms with E-state index < -0.39 is 11.7 Å². The summed E-state index contributed by atoms with van der Waals surface area (Å²) < 4.78 is 38.9. The van der Waals surface area contributed by atoms with Crippen LogP contribution in [0.1, 0.15) is 50.4 Å². The first-order valence-corrected chi connectivity index (χ1v) is 12.9. The molecule has 36 heavy (non-hydrogen) atoms. The summed E-state index contributed by atoms with van der Waals surface area (Å²) in [5.41, 5.74) is 3.54. The quantitative estimate of drug-likeness (QED) is 0.461. The van der Waals surface area contributed by atoms with E-state index in [1.54, 1.807) is 29.1 Å². The van der Waals surface area contributed by atoms with Crippen LogP contribution in [0.25, 0.3) is 0 Å². The summed E-state index contributed by atoms with van der Waals surface area (Å²) in [5, 5.41) is 1.78. The third-order valence-corrected chi connectivity index (χ3v) is 7.79. The topological polar surface area (TPSA) is 53.5 Å². The summed E-state index contributed by atoms with van der Waals surface area (Å²) in [7, 11) is 0. The molecule has 3 aromatic rings. The van der Waals surface area contributed by atoms with Crippen molar-refractivity contribution >= 4 is 23.2 Å². The maximum Gasteiger partial charge on any atom is 0.416 e. The number of alkyl halides is 3. The number of carbonyl (C=O) groups is 2. The molecule has 0 spiro atoms. The van der Waals surface area contributed by atoms with E-state index in [1.807, 2.05) is 21.9 Å². The van der Waals surface area contributed by atoms with Crippen LogP contribution in [-0.4, -0.2) is 52.8 Å². The van der Waals surface area contributed by atoms with Crippen molar-refractivity contribution in [2.24, 2.45) is 11.8 Å². The van der Waals surface area contributed by atoms with Crippen LogP contribution in [-0.2, 0) is 12.6 Å². The highest BCUT2D eigenvalue weighted by molar-refractivity contribution is 7.07. The van der Waals surface area contributed by atoms with Gasteiger partial charge >= 0.3 is 6.18 Å². The molecular formula is C27H26F3N3O2S. The second-order valence-corrected chi connectivity index (χ2v) is 10.3. The summed E-state index contributed by atoms with van der Waals surface area (Å²) >= 11 is 1.42. The molecule has 9 heteroatoms. The Hall–Kier alpha value is -3.20. The normalized spacial score (nSPS) is 17.2. The largest absolute Gasteiger partial charge is 0.416 e. The average molecular weight is 514 g/mol. The van der Waals surface area contributed by atoms with Gasteiger partial charge in [-0.05, 0) is 60.4 Å². The Labute approximate surface area is 211 Å². The molecular weight excluding hydrogens is 487 g/mol. The van der Waals surface area contributed by atoms with E-state index in [0.717, 1.165) is 37.6 Å². The SMILES string of the molecule is O=C(c1ccc(Cc2cccc(C(F)(F)F)c2)cc1)N1CCC(C2CN(C(=O)c3cscn3)C2)CC1. The lowest BCUT2D eigenvalue weighted by atomic mass is 9.79. The number of halogens is 3. The highest BCUT2D eigenvalue weighted by Crippen LogP contribution is 2.33. The second-order valence-electron chi connectivity index (χ2n) is 9.55. The first-order chi connectivity index (χ1) is 17.3. The number of aromatic nitrogens is 1. The Morgan fingerprint density at radius 1 is 0.917 bits per heavy atom. The van der Waals surface area contributed by atoms with Crippen LogP contribution >= 0.6 is 11.3 Å². The summed E-state index contributed by atoms with van der Waals surface area (Å²) in [6.07, 6.45) is -2.16. The van der Waals surface area contributed by atoms with E-state index in [9.17, 15) is 22.8 Å². The lowest BCUT2D eigenvalue weighted by Gasteiger charge is -2.45. The molecule has 0 unspecified atom stereocenters. The maximum atomic E-state index is 13.0. The smallest absolute Gasteiger partial charge is 0.339 e. The van der Waals surface area contributed by atoms with Gasteiger partial charge in [-0.2, -0.15) is 13.2 Å². The number of thiazole rings is 1. The fourth-order valence-electron chi connectivity index (χ4n) is 5.07. The van der Waals surface area contributed by atoms with Gasteiger partial charge in [0.2, 0.25) is 0 Å². The molecule has 188 valence electrons. The lowest BCUT2D eigenvalue weighted by Crippen LogP contribution is -2.54. The number of piperidine rings is 1. The Kier molecular flexibility index (Phi) is 6.83. The van der Waals surface area contributed by atoms with Crippen LogP contribution < -0.4 is 0 Å². The fraction of sp³-hybridized carbons (Fsp3) is 0.370. The van der Waals surface area contributed by atoms with Gasteiger partial charge in [-0.3, -0.25) is 9.59 Å². The molecule has 2 aliphatic heterocycles. The molecule has 0 aliphatic carbocycles. The van der Waals surface area contributed by atoms with Crippen molar-refractivity contribution in [3.8, 4) is 0 Å². The minimum absolute atomic E-state index is 0.00313. The Balaban J connectivity index is 1.11. The highest BCUT2D eigenvalue weighted by Gasteiger charge is 2.38. The summed E-state index contributed by atoms with van der Waals surface area (Å²) in [6.45, 7) is 2.88. The minimum atomic E-state index is -4.36. The molecule has 0 saturated carbocycles. The van der Waals surface area contributed by atoms with Crippen LogP contribution in [0.4, 0.5) is 13.2 Å². The summed E-state index contributed by atoms with van der Waals surface area (Å²) in [5.74, 6) is 0.952. The minimum Gasteiger partial charge on any atom is -0.339 e. The molecule has 3 heterocycles. The Morgan fingerprint density at radius 2 is 1.64 bits per heavy atom. The van der Waals surface area contributed by atoms with Gasteiger partial charge in [-0.15, -0.1) is 11.3 Å². The zero-order chi connectivity index (χ0) is 25.3. The van der Waals surface area contributed by atoms with Gasteiger partial charge < -0.3 is 9.80 Å². The van der Waals surface area contributed by atoms with Gasteiger partial charge in [0.05, 0.1) is 11.1 Å². The van der Waals surface area contributed by atoms with Crippen LogP contribution in [0.15, 0.2) is 59.4 Å². The lowest BCUT2D eigenvalue weighted by molar-refractivity contribution is -0.137. The predicted molar refractivity (Wildman–Crippen MR) is 131 cm³/mol. The Bertz CT molecular complexity index is 1210. The third kappa shape index (κ3) is 5.31. The van der Waals surface area contributed by atoms with Gasteiger partial charge in [0.1, 0.15) is 5.69 Å². The van der Waals surface area contributed by atoms with Crippen molar-refractivity contribution in [2.45, 2.75) is 25.4 Å². The third-order valence-electron chi connectivity index (χ3n) is 7.21. The molecule has 2 aromatic carbocycles. The van der Waals surface area contributed by atoms with Crippen molar-refractivity contribution in [1.82, 2.24) is 14.8 Å². The van der Waals surface area contributed by atoms with E-state index in [-0.39, 0.29) is 11.8 Å². The van der Waals surface area contributed by atoms with Gasteiger partial charge in [-0.25, -0.2) is 4.98 Å². The average Bonchev–Trinajstić information content (AvgIpc) is 3.38. The predicted octanol–water partition coefficient (Wildman–Crippen LogP) is 5.38. The van der Waals surface area contributed by atoms with Crippen molar-refractivity contribution < 1.29 is 22.8 Å². The molecule has 2 fully saturated rings. The molecule has 0 radical (unpaired) electrons. The molecule has 2 saturated heterocycles. The standard InChI is InChI=1S/C27H26F3N3O2S/c28-27(29,30)23-3-1-2-19(13-23)12-18-4-6-21(7-5-18)25(34)32-10-8-20(9-11-32)22-14-33(15-22)26(35)24-16-36-17-31-24/h1-7,13,16-17,20,22H,8-12,14-15H2. The van der Waals surface area contributed by atoms with E-state index >= 15 is 0 Å². The van der Waals surface area contributed by atoms with E-state index in [2.05, 4.69) is 4.98 Å². The number of carbonyl (C=O) groups excluding carboxylic acids is 2. The van der Waals surface area contributed by atoms with Crippen molar-refractivity contribution in [3.05, 3.63) is 87.4 Å². The molecule has 2 aliphatic rings. The molecule has 5 nitrogen and oxygen atoms in total. The van der Waals surface area contributed by atoms with Crippen molar-refractivity contribution in [2.75, 3.05) is 26.2 Å². The van der Waals surface area contributed by atoms with Gasteiger partial charge in [-0.1, -0.05) is 30.3 Å². The monoisotopic (exact) mass is 513 g/mol. The van der Waals surface area contributed by atoms with Crippen LogP contribution in [0.3, 0.4) is 0 Å². The first-order valence-electron chi connectivity index (χ1n) is 12.0. The van der Waals surface area contributed by atoms with E-state index in [0.29, 0.717) is 48.2 Å². The number of amides is 2. The Morgan fingerprint density at radius 3 is 2.28 bits per heavy atom. The molecule has 0 bridgehead atoms. The first kappa shape index (κ1) is 24.5. The zero-order valence-electron chi connectivity index (χ0n) is 19.6. The summed E-state index contributed by atoms with van der Waals surface area (Å²) in [4.78, 5) is 33.2. The van der Waals surface area contributed by atoms with Gasteiger partial charge in [0.25, 0.3) is 11.8 Å². The van der Waals surface area contributed by atoms with E-state index in [4.69, 9.17) is 0 Å². The molecule has 1 aromatic heterocycles. The number of hydrogen-bond acceptors (Lipinski definition) is 4. The molecule has 0 atom stereocenters. The van der Waals surface area contributed by atoms with Gasteiger partial charge in [0, 0.05) is 37.1 Å². The van der Waals surface area contributed by atoms with Crippen molar-refractivity contribution in [1.29, 1.82) is 0 Å². The zero-order valence-corrected chi connectivity index (χ0v) is 20.4. The number of hydrogen-bond donors (Lipinski definition) is 0. The van der Waals surface area contributed by atoms with Crippen LogP contribution in [0.2, 0.25) is 0 Å². The van der Waals surface area contributed by atoms with Crippen LogP contribution in [0.5, 0.6) is 0 Å². The molecule has 5 rings (SSSR count). The number of nitrogens with zero attached hydrogens (tertiary/aromatic N) is 3. The number of likely N-dealkylation sites (tertiary alicyclic amines) is 2.